The van der Waals surface area contributed by atoms with E-state index in [0.29, 0.717) is 0 Å². The molecule has 0 atom stereocenters. The molecular formula is C16H21N5O2. The minimum atomic E-state index is -0.475. The van der Waals surface area contributed by atoms with Gasteiger partial charge in [0.2, 0.25) is 11.6 Å². The van der Waals surface area contributed by atoms with Crippen LogP contribution in [-0.2, 0) is 0 Å². The molecule has 0 spiro atoms. The molecule has 0 bridgehead atoms. The van der Waals surface area contributed by atoms with Crippen LogP contribution in [0.25, 0.3) is 0 Å². The number of hydrogen-bond donors (Lipinski definition) is 2. The maximum atomic E-state index is 11.5. The summed E-state index contributed by atoms with van der Waals surface area (Å²) >= 11 is 0. The molecule has 0 aliphatic heterocycles. The van der Waals surface area contributed by atoms with E-state index in [-0.39, 0.29) is 22.9 Å². The molecule has 0 aliphatic rings. The van der Waals surface area contributed by atoms with Crippen LogP contribution in [0.2, 0.25) is 0 Å². The van der Waals surface area contributed by atoms with E-state index >= 15 is 0 Å². The first-order valence-corrected chi connectivity index (χ1v) is 7.29. The summed E-state index contributed by atoms with van der Waals surface area (Å²) in [6.45, 7) is 9.74. The van der Waals surface area contributed by atoms with Crippen molar-refractivity contribution in [2.24, 2.45) is 0 Å². The van der Waals surface area contributed by atoms with Crippen molar-refractivity contribution in [3.63, 3.8) is 0 Å². The number of nitrogens with zero attached hydrogens (tertiary/aromatic N) is 3. The number of aromatic nitrogens is 2. The van der Waals surface area contributed by atoms with Crippen molar-refractivity contribution < 1.29 is 4.92 Å². The number of aryl methyl sites for hydroxylation is 2. The molecule has 0 unspecified atom stereocenters. The van der Waals surface area contributed by atoms with Gasteiger partial charge in [-0.2, -0.15) is 0 Å². The molecule has 1 aromatic carbocycles. The highest BCUT2D eigenvalue weighted by atomic mass is 16.6. The first-order chi connectivity index (χ1) is 10.7. The number of benzene rings is 1. The van der Waals surface area contributed by atoms with Crippen LogP contribution >= 0.6 is 0 Å². The van der Waals surface area contributed by atoms with Crippen LogP contribution in [0, 0.1) is 24.0 Å². The normalized spacial score (nSPS) is 11.2. The number of hydrogen-bond acceptors (Lipinski definition) is 6. The fraction of sp³-hybridized carbons (Fsp3) is 0.375. The highest BCUT2D eigenvalue weighted by Crippen LogP contribution is 2.32. The Labute approximate surface area is 135 Å². The average Bonchev–Trinajstić information content (AvgIpc) is 2.41. The first-order valence-electron chi connectivity index (χ1n) is 7.29. The third kappa shape index (κ3) is 4.15. The third-order valence-electron chi connectivity index (χ3n) is 3.27. The number of nitrogens with one attached hydrogen (secondary N) is 2. The van der Waals surface area contributed by atoms with Crippen molar-refractivity contribution in [1.82, 2.24) is 9.97 Å². The summed E-state index contributed by atoms with van der Waals surface area (Å²) < 4.78 is 0. The van der Waals surface area contributed by atoms with Gasteiger partial charge >= 0.3 is 5.69 Å². The van der Waals surface area contributed by atoms with E-state index in [1.165, 1.54) is 6.33 Å². The number of rotatable bonds is 4. The molecular weight excluding hydrogens is 294 g/mol. The van der Waals surface area contributed by atoms with E-state index in [1.54, 1.807) is 0 Å². The van der Waals surface area contributed by atoms with Crippen molar-refractivity contribution in [3.05, 3.63) is 45.8 Å². The Balaban J connectivity index is 2.43. The molecule has 0 aliphatic carbocycles. The lowest BCUT2D eigenvalue weighted by Crippen LogP contribution is -2.27. The van der Waals surface area contributed by atoms with Gasteiger partial charge in [-0.1, -0.05) is 6.07 Å². The van der Waals surface area contributed by atoms with Gasteiger partial charge in [0.1, 0.15) is 6.33 Å². The Bertz CT molecular complexity index is 738. The molecule has 1 heterocycles. The summed E-state index contributed by atoms with van der Waals surface area (Å²) in [6.07, 6.45) is 1.31. The second-order valence-corrected chi connectivity index (χ2v) is 6.48. The molecule has 1 aromatic heterocycles. The van der Waals surface area contributed by atoms with Gasteiger partial charge in [0.15, 0.2) is 0 Å². The van der Waals surface area contributed by atoms with Gasteiger partial charge in [-0.05, 0) is 57.9 Å². The standard InChI is InChI=1S/C16H21N5O2/c1-10-6-7-12(8-11(10)2)19-14-13(21(22)23)15(18-9-17-14)20-16(3,4)5/h6-9H,1-5H3,(H2,17,18,19,20). The quantitative estimate of drug-likeness (QED) is 0.655. The van der Waals surface area contributed by atoms with Crippen molar-refractivity contribution in [2.45, 2.75) is 40.2 Å². The minimum absolute atomic E-state index is 0.166. The van der Waals surface area contributed by atoms with Gasteiger partial charge in [0, 0.05) is 11.2 Å². The summed E-state index contributed by atoms with van der Waals surface area (Å²) in [7, 11) is 0. The molecule has 7 nitrogen and oxygen atoms in total. The van der Waals surface area contributed by atoms with E-state index in [0.717, 1.165) is 16.8 Å². The summed E-state index contributed by atoms with van der Waals surface area (Å²) in [5.74, 6) is 0.365. The summed E-state index contributed by atoms with van der Waals surface area (Å²) in [4.78, 5) is 19.1. The Morgan fingerprint density at radius 2 is 1.74 bits per heavy atom. The topological polar surface area (TPSA) is 93.0 Å². The van der Waals surface area contributed by atoms with Gasteiger partial charge in [0.05, 0.1) is 4.92 Å². The first kappa shape index (κ1) is 16.7. The molecule has 2 N–H and O–H groups in total. The predicted octanol–water partition coefficient (Wildman–Crippen LogP) is 3.96. The Kier molecular flexibility index (Phi) is 4.49. The monoisotopic (exact) mass is 315 g/mol. The molecule has 0 fully saturated rings. The van der Waals surface area contributed by atoms with Crippen molar-refractivity contribution in [1.29, 1.82) is 0 Å². The largest absolute Gasteiger partial charge is 0.360 e. The van der Waals surface area contributed by atoms with E-state index in [2.05, 4.69) is 20.6 Å². The summed E-state index contributed by atoms with van der Waals surface area (Å²) in [6, 6.07) is 5.75. The smallest absolute Gasteiger partial charge is 0.353 e. The van der Waals surface area contributed by atoms with Crippen LogP contribution in [0.3, 0.4) is 0 Å². The predicted molar refractivity (Wildman–Crippen MR) is 91.3 cm³/mol. The molecule has 0 saturated carbocycles. The fourth-order valence-electron chi connectivity index (χ4n) is 2.05. The zero-order chi connectivity index (χ0) is 17.2. The van der Waals surface area contributed by atoms with E-state index in [4.69, 9.17) is 0 Å². The van der Waals surface area contributed by atoms with Crippen LogP contribution in [0.15, 0.2) is 24.5 Å². The highest BCUT2D eigenvalue weighted by molar-refractivity contribution is 5.74. The van der Waals surface area contributed by atoms with E-state index < -0.39 is 4.92 Å². The van der Waals surface area contributed by atoms with Crippen molar-refractivity contribution in [3.8, 4) is 0 Å². The molecule has 0 amide bonds. The molecule has 122 valence electrons. The lowest BCUT2D eigenvalue weighted by atomic mass is 10.1. The molecule has 7 heteroatoms. The number of nitro groups is 1. The molecule has 2 aromatic rings. The molecule has 0 saturated heterocycles. The van der Waals surface area contributed by atoms with Gasteiger partial charge < -0.3 is 10.6 Å². The second kappa shape index (κ2) is 6.20. The lowest BCUT2D eigenvalue weighted by Gasteiger charge is -2.21. The molecule has 2 rings (SSSR count). The van der Waals surface area contributed by atoms with Gasteiger partial charge in [-0.3, -0.25) is 10.1 Å². The molecule has 23 heavy (non-hydrogen) atoms. The van der Waals surface area contributed by atoms with Gasteiger partial charge in [-0.15, -0.1) is 0 Å². The molecule has 0 radical (unpaired) electrons. The van der Waals surface area contributed by atoms with Crippen molar-refractivity contribution in [2.75, 3.05) is 10.6 Å². The lowest BCUT2D eigenvalue weighted by molar-refractivity contribution is -0.383. The van der Waals surface area contributed by atoms with Gasteiger partial charge in [0.25, 0.3) is 0 Å². The minimum Gasteiger partial charge on any atom is -0.360 e. The van der Waals surface area contributed by atoms with Crippen LogP contribution in [-0.4, -0.2) is 20.4 Å². The highest BCUT2D eigenvalue weighted by Gasteiger charge is 2.25. The van der Waals surface area contributed by atoms with E-state index in [9.17, 15) is 10.1 Å². The Morgan fingerprint density at radius 3 is 2.30 bits per heavy atom. The third-order valence-corrected chi connectivity index (χ3v) is 3.27. The maximum Gasteiger partial charge on any atom is 0.353 e. The van der Waals surface area contributed by atoms with Crippen molar-refractivity contribution >= 4 is 23.0 Å². The second-order valence-electron chi connectivity index (χ2n) is 6.48. The number of anilines is 3. The Hall–Kier alpha value is -2.70. The van der Waals surface area contributed by atoms with Crippen LogP contribution < -0.4 is 10.6 Å². The summed E-state index contributed by atoms with van der Waals surface area (Å²) in [5, 5.41) is 17.5. The SMILES string of the molecule is Cc1ccc(Nc2ncnc(NC(C)(C)C)c2[N+](=O)[O-])cc1C. The van der Waals surface area contributed by atoms with Crippen LogP contribution in [0.4, 0.5) is 23.0 Å². The zero-order valence-electron chi connectivity index (χ0n) is 14.0. The zero-order valence-corrected chi connectivity index (χ0v) is 14.0. The van der Waals surface area contributed by atoms with Gasteiger partial charge in [-0.25, -0.2) is 9.97 Å². The average molecular weight is 315 g/mol. The van der Waals surface area contributed by atoms with Crippen LogP contribution in [0.5, 0.6) is 0 Å². The Morgan fingerprint density at radius 1 is 1.09 bits per heavy atom. The van der Waals surface area contributed by atoms with E-state index in [1.807, 2.05) is 52.8 Å². The van der Waals surface area contributed by atoms with Crippen LogP contribution in [0.1, 0.15) is 31.9 Å². The fourth-order valence-corrected chi connectivity index (χ4v) is 2.05. The maximum absolute atomic E-state index is 11.5. The summed E-state index contributed by atoms with van der Waals surface area (Å²) in [5.41, 5.74) is 2.48.